The molecular formula is C14H21N3S. The summed E-state index contributed by atoms with van der Waals surface area (Å²) in [7, 11) is 0. The van der Waals surface area contributed by atoms with Gasteiger partial charge in [0.2, 0.25) is 0 Å². The molecule has 0 aromatic carbocycles. The maximum absolute atomic E-state index is 4.38. The molecular weight excluding hydrogens is 242 g/mol. The third kappa shape index (κ3) is 3.00. The van der Waals surface area contributed by atoms with E-state index in [0.29, 0.717) is 0 Å². The maximum atomic E-state index is 4.38. The van der Waals surface area contributed by atoms with Crippen molar-refractivity contribution in [3.63, 3.8) is 0 Å². The van der Waals surface area contributed by atoms with Crippen LogP contribution in [0.1, 0.15) is 41.6 Å². The van der Waals surface area contributed by atoms with Crippen molar-refractivity contribution < 1.29 is 0 Å². The SMILES string of the molecule is CCCNC(c1cnn(CC)c1)c1ccc(C)s1. The maximum Gasteiger partial charge on any atom is 0.0702 e. The molecule has 2 heterocycles. The normalized spacial score (nSPS) is 12.8. The van der Waals surface area contributed by atoms with Crippen LogP contribution in [-0.4, -0.2) is 16.3 Å². The molecule has 0 saturated carbocycles. The van der Waals surface area contributed by atoms with Gasteiger partial charge in [-0.05, 0) is 38.9 Å². The molecule has 0 aliphatic heterocycles. The highest BCUT2D eigenvalue weighted by Crippen LogP contribution is 2.28. The number of hydrogen-bond donors (Lipinski definition) is 1. The fraction of sp³-hybridized carbons (Fsp3) is 0.500. The summed E-state index contributed by atoms with van der Waals surface area (Å²) in [6.45, 7) is 8.41. The van der Waals surface area contributed by atoms with E-state index in [-0.39, 0.29) is 6.04 Å². The van der Waals surface area contributed by atoms with Crippen LogP contribution in [0.15, 0.2) is 24.5 Å². The Labute approximate surface area is 113 Å². The molecule has 0 amide bonds. The zero-order chi connectivity index (χ0) is 13.0. The van der Waals surface area contributed by atoms with Gasteiger partial charge in [0.25, 0.3) is 0 Å². The van der Waals surface area contributed by atoms with Crippen LogP contribution in [0.3, 0.4) is 0 Å². The van der Waals surface area contributed by atoms with Crippen LogP contribution in [0, 0.1) is 6.92 Å². The summed E-state index contributed by atoms with van der Waals surface area (Å²) < 4.78 is 1.98. The van der Waals surface area contributed by atoms with Crippen molar-refractivity contribution in [3.05, 3.63) is 39.8 Å². The molecule has 0 saturated heterocycles. The Morgan fingerprint density at radius 1 is 1.39 bits per heavy atom. The number of thiophene rings is 1. The Balaban J connectivity index is 2.24. The summed E-state index contributed by atoms with van der Waals surface area (Å²) in [5.74, 6) is 0. The van der Waals surface area contributed by atoms with Gasteiger partial charge in [0.15, 0.2) is 0 Å². The van der Waals surface area contributed by atoms with Gasteiger partial charge in [0.05, 0.1) is 12.2 Å². The molecule has 4 heteroatoms. The lowest BCUT2D eigenvalue weighted by molar-refractivity contribution is 0.603. The second-order valence-electron chi connectivity index (χ2n) is 4.46. The zero-order valence-electron chi connectivity index (χ0n) is 11.3. The van der Waals surface area contributed by atoms with E-state index in [9.17, 15) is 0 Å². The van der Waals surface area contributed by atoms with E-state index in [0.717, 1.165) is 19.5 Å². The zero-order valence-corrected chi connectivity index (χ0v) is 12.1. The predicted octanol–water partition coefficient (Wildman–Crippen LogP) is 3.36. The van der Waals surface area contributed by atoms with E-state index in [1.54, 1.807) is 0 Å². The van der Waals surface area contributed by atoms with Crippen molar-refractivity contribution in [2.45, 2.75) is 39.8 Å². The molecule has 18 heavy (non-hydrogen) atoms. The first kappa shape index (κ1) is 13.3. The van der Waals surface area contributed by atoms with Crippen LogP contribution in [0.5, 0.6) is 0 Å². The van der Waals surface area contributed by atoms with E-state index in [1.807, 2.05) is 22.2 Å². The number of aryl methyl sites for hydroxylation is 2. The summed E-state index contributed by atoms with van der Waals surface area (Å²) in [6, 6.07) is 4.69. The summed E-state index contributed by atoms with van der Waals surface area (Å²) >= 11 is 1.86. The van der Waals surface area contributed by atoms with Crippen LogP contribution in [0.2, 0.25) is 0 Å². The lowest BCUT2D eigenvalue weighted by atomic mass is 10.1. The highest BCUT2D eigenvalue weighted by atomic mass is 32.1. The minimum Gasteiger partial charge on any atom is -0.306 e. The number of aromatic nitrogens is 2. The van der Waals surface area contributed by atoms with Gasteiger partial charge in [-0.15, -0.1) is 11.3 Å². The standard InChI is InChI=1S/C14H21N3S/c1-4-8-15-14(13-7-6-11(3)18-13)12-9-16-17(5-2)10-12/h6-7,9-10,14-15H,4-5,8H2,1-3H3. The van der Waals surface area contributed by atoms with E-state index in [4.69, 9.17) is 0 Å². The molecule has 0 bridgehead atoms. The van der Waals surface area contributed by atoms with Crippen molar-refractivity contribution in [1.29, 1.82) is 0 Å². The Hall–Kier alpha value is -1.13. The highest BCUT2D eigenvalue weighted by Gasteiger charge is 2.16. The molecule has 0 spiro atoms. The smallest absolute Gasteiger partial charge is 0.0702 e. The molecule has 1 atom stereocenters. The third-order valence-electron chi connectivity index (χ3n) is 2.95. The average Bonchev–Trinajstić information content (AvgIpc) is 2.99. The van der Waals surface area contributed by atoms with Gasteiger partial charge in [0.1, 0.15) is 0 Å². The Morgan fingerprint density at radius 3 is 2.78 bits per heavy atom. The van der Waals surface area contributed by atoms with Crippen molar-refractivity contribution >= 4 is 11.3 Å². The second kappa shape index (κ2) is 6.16. The van der Waals surface area contributed by atoms with Gasteiger partial charge in [-0.3, -0.25) is 4.68 Å². The monoisotopic (exact) mass is 263 g/mol. The van der Waals surface area contributed by atoms with Gasteiger partial charge >= 0.3 is 0 Å². The molecule has 0 radical (unpaired) electrons. The largest absolute Gasteiger partial charge is 0.306 e. The van der Waals surface area contributed by atoms with E-state index in [1.165, 1.54) is 15.3 Å². The van der Waals surface area contributed by atoms with Crippen LogP contribution in [0.25, 0.3) is 0 Å². The van der Waals surface area contributed by atoms with E-state index >= 15 is 0 Å². The molecule has 0 aliphatic rings. The van der Waals surface area contributed by atoms with Crippen molar-refractivity contribution in [1.82, 2.24) is 15.1 Å². The predicted molar refractivity (Wildman–Crippen MR) is 77.1 cm³/mol. The first-order valence-electron chi connectivity index (χ1n) is 6.56. The summed E-state index contributed by atoms with van der Waals surface area (Å²) in [5.41, 5.74) is 1.26. The summed E-state index contributed by atoms with van der Waals surface area (Å²) in [5, 5.41) is 7.99. The van der Waals surface area contributed by atoms with Crippen LogP contribution in [0.4, 0.5) is 0 Å². The number of nitrogens with zero attached hydrogens (tertiary/aromatic N) is 2. The first-order valence-corrected chi connectivity index (χ1v) is 7.38. The van der Waals surface area contributed by atoms with Crippen LogP contribution < -0.4 is 5.32 Å². The fourth-order valence-corrected chi connectivity index (χ4v) is 2.96. The summed E-state index contributed by atoms with van der Waals surface area (Å²) in [4.78, 5) is 2.73. The molecule has 3 nitrogen and oxygen atoms in total. The van der Waals surface area contributed by atoms with Gasteiger partial charge in [-0.2, -0.15) is 5.10 Å². The van der Waals surface area contributed by atoms with Crippen molar-refractivity contribution in [2.75, 3.05) is 6.54 Å². The Morgan fingerprint density at radius 2 is 2.22 bits per heavy atom. The average molecular weight is 263 g/mol. The topological polar surface area (TPSA) is 29.9 Å². The second-order valence-corrected chi connectivity index (χ2v) is 5.78. The molecule has 0 aliphatic carbocycles. The minimum atomic E-state index is 0.281. The first-order chi connectivity index (χ1) is 8.74. The minimum absolute atomic E-state index is 0.281. The van der Waals surface area contributed by atoms with Gasteiger partial charge in [-0.1, -0.05) is 6.92 Å². The molecule has 1 unspecified atom stereocenters. The molecule has 2 aromatic heterocycles. The van der Waals surface area contributed by atoms with Crippen molar-refractivity contribution in [3.8, 4) is 0 Å². The van der Waals surface area contributed by atoms with E-state index < -0.39 is 0 Å². The van der Waals surface area contributed by atoms with E-state index in [2.05, 4.69) is 49.5 Å². The molecule has 2 aromatic rings. The number of rotatable bonds is 6. The Kier molecular flexibility index (Phi) is 4.55. The number of hydrogen-bond acceptors (Lipinski definition) is 3. The lowest BCUT2D eigenvalue weighted by Gasteiger charge is -2.15. The number of nitrogens with one attached hydrogen (secondary N) is 1. The third-order valence-corrected chi connectivity index (χ3v) is 4.02. The molecule has 1 N–H and O–H groups in total. The fourth-order valence-electron chi connectivity index (χ4n) is 1.98. The molecule has 2 rings (SSSR count). The highest BCUT2D eigenvalue weighted by molar-refractivity contribution is 7.12. The quantitative estimate of drug-likeness (QED) is 0.866. The lowest BCUT2D eigenvalue weighted by Crippen LogP contribution is -2.22. The van der Waals surface area contributed by atoms with Gasteiger partial charge < -0.3 is 5.32 Å². The Bertz CT molecular complexity index is 487. The van der Waals surface area contributed by atoms with Gasteiger partial charge in [0, 0.05) is 28.1 Å². The van der Waals surface area contributed by atoms with Crippen LogP contribution in [-0.2, 0) is 6.54 Å². The van der Waals surface area contributed by atoms with Gasteiger partial charge in [-0.25, -0.2) is 0 Å². The molecule has 0 fully saturated rings. The van der Waals surface area contributed by atoms with Crippen molar-refractivity contribution in [2.24, 2.45) is 0 Å². The summed E-state index contributed by atoms with van der Waals surface area (Å²) in [6.07, 6.45) is 5.26. The molecule has 98 valence electrons. The van der Waals surface area contributed by atoms with Crippen LogP contribution >= 0.6 is 11.3 Å².